The van der Waals surface area contributed by atoms with Crippen LogP contribution in [0.1, 0.15) is 17.5 Å². The predicted molar refractivity (Wildman–Crippen MR) is 138 cm³/mol. The number of allylic oxidation sites excluding steroid dienone is 1. The fraction of sp³-hybridized carbons (Fsp3) is 0.100. The SMILES string of the molecule is O=C1C=CC2(c3coc4cc(O)ccc4c3=O)c3cc(-c4coc5cc(O)ccc5c4=O)ccc3OC2C1. The molecule has 2 atom stereocenters. The Morgan fingerprint density at radius 3 is 2.18 bits per heavy atom. The number of ether oxygens (including phenoxy) is 1. The maximum absolute atomic E-state index is 13.7. The van der Waals surface area contributed by atoms with E-state index in [1.807, 2.05) is 0 Å². The molecule has 0 bridgehead atoms. The van der Waals surface area contributed by atoms with Crippen molar-refractivity contribution in [3.8, 4) is 28.4 Å². The van der Waals surface area contributed by atoms with Gasteiger partial charge in [-0.15, -0.1) is 0 Å². The molecule has 0 saturated carbocycles. The molecule has 8 nitrogen and oxygen atoms in total. The summed E-state index contributed by atoms with van der Waals surface area (Å²) in [4.78, 5) is 39.5. The lowest BCUT2D eigenvalue weighted by Gasteiger charge is -2.33. The van der Waals surface area contributed by atoms with Gasteiger partial charge in [-0.25, -0.2) is 0 Å². The normalized spacial score (nSPS) is 19.9. The number of phenolic OH excluding ortho intramolecular Hbond substituents is 2. The lowest BCUT2D eigenvalue weighted by atomic mass is 9.68. The van der Waals surface area contributed by atoms with E-state index in [4.69, 9.17) is 13.6 Å². The number of fused-ring (bicyclic) bond motifs is 5. The van der Waals surface area contributed by atoms with Gasteiger partial charge in [0.15, 0.2) is 16.6 Å². The van der Waals surface area contributed by atoms with Crippen molar-refractivity contribution in [3.63, 3.8) is 0 Å². The first-order chi connectivity index (χ1) is 18.3. The van der Waals surface area contributed by atoms with Crippen molar-refractivity contribution >= 4 is 27.7 Å². The van der Waals surface area contributed by atoms with Crippen LogP contribution in [0.2, 0.25) is 0 Å². The maximum Gasteiger partial charge on any atom is 0.200 e. The van der Waals surface area contributed by atoms with Gasteiger partial charge in [0, 0.05) is 24.1 Å². The summed E-state index contributed by atoms with van der Waals surface area (Å²) in [6.07, 6.45) is 5.15. The largest absolute Gasteiger partial charge is 0.508 e. The van der Waals surface area contributed by atoms with Crippen molar-refractivity contribution in [1.29, 1.82) is 0 Å². The first-order valence-corrected chi connectivity index (χ1v) is 11.9. The third kappa shape index (κ3) is 3.00. The molecule has 5 aromatic rings. The van der Waals surface area contributed by atoms with Crippen LogP contribution in [0.5, 0.6) is 17.2 Å². The molecular weight excluding hydrogens is 488 g/mol. The summed E-state index contributed by atoms with van der Waals surface area (Å²) in [5.41, 5.74) is 0.467. The first kappa shape index (κ1) is 22.1. The number of phenols is 2. The predicted octanol–water partition coefficient (Wildman–Crippen LogP) is 4.55. The van der Waals surface area contributed by atoms with Crippen LogP contribution in [-0.4, -0.2) is 22.1 Å². The fourth-order valence-corrected chi connectivity index (χ4v) is 5.55. The van der Waals surface area contributed by atoms with E-state index in [2.05, 4.69) is 0 Å². The quantitative estimate of drug-likeness (QED) is 0.357. The van der Waals surface area contributed by atoms with E-state index in [1.54, 1.807) is 24.3 Å². The summed E-state index contributed by atoms with van der Waals surface area (Å²) in [7, 11) is 0. The van der Waals surface area contributed by atoms with Crippen molar-refractivity contribution in [2.45, 2.75) is 17.9 Å². The average Bonchev–Trinajstić information content (AvgIpc) is 3.22. The van der Waals surface area contributed by atoms with Gasteiger partial charge in [-0.2, -0.15) is 0 Å². The van der Waals surface area contributed by atoms with E-state index >= 15 is 0 Å². The van der Waals surface area contributed by atoms with E-state index in [-0.39, 0.29) is 56.7 Å². The monoisotopic (exact) mass is 506 g/mol. The van der Waals surface area contributed by atoms with Crippen LogP contribution in [0.25, 0.3) is 33.1 Å². The number of ketones is 1. The number of rotatable bonds is 2. The molecule has 2 aromatic heterocycles. The summed E-state index contributed by atoms with van der Waals surface area (Å²) in [6.45, 7) is 0. The minimum absolute atomic E-state index is 0.0147. The second-order valence-corrected chi connectivity index (χ2v) is 9.51. The molecule has 2 aliphatic rings. The van der Waals surface area contributed by atoms with Gasteiger partial charge in [0.1, 0.15) is 40.8 Å². The molecule has 0 spiro atoms. The fourth-order valence-electron chi connectivity index (χ4n) is 5.55. The van der Waals surface area contributed by atoms with Crippen molar-refractivity contribution < 1.29 is 28.6 Å². The Kier molecular flexibility index (Phi) is 4.48. The summed E-state index contributed by atoms with van der Waals surface area (Å²) in [5, 5.41) is 20.1. The molecule has 1 aliphatic carbocycles. The highest BCUT2D eigenvalue weighted by molar-refractivity contribution is 5.93. The third-order valence-electron chi connectivity index (χ3n) is 7.39. The molecule has 186 valence electrons. The molecule has 0 amide bonds. The zero-order valence-electron chi connectivity index (χ0n) is 19.6. The van der Waals surface area contributed by atoms with E-state index < -0.39 is 11.5 Å². The van der Waals surface area contributed by atoms with Crippen LogP contribution in [-0.2, 0) is 10.2 Å². The Morgan fingerprint density at radius 2 is 1.45 bits per heavy atom. The molecule has 0 fully saturated rings. The molecule has 0 saturated heterocycles. The molecule has 7 rings (SSSR count). The van der Waals surface area contributed by atoms with Crippen molar-refractivity contribution in [2.24, 2.45) is 0 Å². The van der Waals surface area contributed by atoms with Crippen LogP contribution in [0.4, 0.5) is 0 Å². The Balaban J connectivity index is 1.47. The molecule has 8 heteroatoms. The lowest BCUT2D eigenvalue weighted by molar-refractivity contribution is -0.116. The number of carbonyl (C=O) groups excluding carboxylic acids is 1. The van der Waals surface area contributed by atoms with Crippen LogP contribution in [0.15, 0.2) is 97.7 Å². The van der Waals surface area contributed by atoms with Crippen LogP contribution < -0.4 is 15.6 Å². The topological polar surface area (TPSA) is 127 Å². The molecule has 1 aliphatic heterocycles. The van der Waals surface area contributed by atoms with E-state index in [9.17, 15) is 24.6 Å². The first-order valence-electron chi connectivity index (χ1n) is 11.9. The molecular formula is C30H18O8. The molecule has 38 heavy (non-hydrogen) atoms. The van der Waals surface area contributed by atoms with E-state index in [0.29, 0.717) is 27.8 Å². The lowest BCUT2D eigenvalue weighted by Crippen LogP contribution is -2.44. The van der Waals surface area contributed by atoms with Gasteiger partial charge >= 0.3 is 0 Å². The van der Waals surface area contributed by atoms with Gasteiger partial charge < -0.3 is 23.8 Å². The highest BCUT2D eigenvalue weighted by atomic mass is 16.5. The highest BCUT2D eigenvalue weighted by Gasteiger charge is 2.53. The zero-order chi connectivity index (χ0) is 26.2. The van der Waals surface area contributed by atoms with Gasteiger partial charge in [-0.3, -0.25) is 14.4 Å². The Hall–Kier alpha value is -5.11. The van der Waals surface area contributed by atoms with E-state index in [0.717, 1.165) is 0 Å². The molecule has 2 unspecified atom stereocenters. The third-order valence-corrected chi connectivity index (χ3v) is 7.39. The van der Waals surface area contributed by atoms with E-state index in [1.165, 1.54) is 55.0 Å². The molecule has 3 aromatic carbocycles. The second kappa shape index (κ2) is 7.69. The smallest absolute Gasteiger partial charge is 0.200 e. The second-order valence-electron chi connectivity index (χ2n) is 9.51. The minimum Gasteiger partial charge on any atom is -0.508 e. The van der Waals surface area contributed by atoms with Gasteiger partial charge in [-0.05, 0) is 48.0 Å². The Labute approximate surface area is 213 Å². The maximum atomic E-state index is 13.7. The highest BCUT2D eigenvalue weighted by Crippen LogP contribution is 2.51. The van der Waals surface area contributed by atoms with Gasteiger partial charge in [0.25, 0.3) is 0 Å². The number of hydrogen-bond donors (Lipinski definition) is 2. The standard InChI is InChI=1S/C30H18O8/c31-16-2-4-19-25(10-16)36-13-21(28(19)34)15-1-6-24-22(9-15)30(8-7-18(33)12-27(30)38-24)23-14-37-26-11-17(32)3-5-20(26)29(23)35/h1-11,13-14,27,31-32H,12H2. The Morgan fingerprint density at radius 1 is 0.763 bits per heavy atom. The van der Waals surface area contributed by atoms with Crippen molar-refractivity contribution in [1.82, 2.24) is 0 Å². The van der Waals surface area contributed by atoms with Gasteiger partial charge in [-0.1, -0.05) is 12.1 Å². The van der Waals surface area contributed by atoms with Crippen molar-refractivity contribution in [2.75, 3.05) is 0 Å². The summed E-state index contributed by atoms with van der Waals surface area (Å²) in [6, 6.07) is 13.8. The van der Waals surface area contributed by atoms with Crippen LogP contribution in [0.3, 0.4) is 0 Å². The van der Waals surface area contributed by atoms with Crippen molar-refractivity contribution in [3.05, 3.63) is 111 Å². The molecule has 0 radical (unpaired) electrons. The minimum atomic E-state index is -1.14. The average molecular weight is 506 g/mol. The zero-order valence-corrected chi connectivity index (χ0v) is 19.6. The summed E-state index contributed by atoms with van der Waals surface area (Å²) < 4.78 is 17.6. The number of aromatic hydroxyl groups is 2. The van der Waals surface area contributed by atoms with Crippen LogP contribution >= 0.6 is 0 Å². The molecule has 3 heterocycles. The molecule has 2 N–H and O–H groups in total. The summed E-state index contributed by atoms with van der Waals surface area (Å²) >= 11 is 0. The number of benzene rings is 3. The number of hydrogen-bond acceptors (Lipinski definition) is 8. The van der Waals surface area contributed by atoms with Gasteiger partial charge in [0.2, 0.25) is 0 Å². The number of carbonyl (C=O) groups is 1. The summed E-state index contributed by atoms with van der Waals surface area (Å²) in [5.74, 6) is 0.306. The van der Waals surface area contributed by atoms with Gasteiger partial charge in [0.05, 0.1) is 33.6 Å². The van der Waals surface area contributed by atoms with Crippen LogP contribution in [0, 0.1) is 0 Å². The Bertz CT molecular complexity index is 1980.